The van der Waals surface area contributed by atoms with Crippen molar-refractivity contribution in [2.75, 3.05) is 18.5 Å². The molecule has 1 N–H and O–H groups in total. The zero-order valence-corrected chi connectivity index (χ0v) is 10.9. The second-order valence-electron chi connectivity index (χ2n) is 3.43. The maximum absolute atomic E-state index is 11.3. The van der Waals surface area contributed by atoms with Crippen LogP contribution in [0.1, 0.15) is 19.8 Å². The molecule has 0 aliphatic carbocycles. The van der Waals surface area contributed by atoms with Gasteiger partial charge in [-0.25, -0.2) is 0 Å². The molecular formula is C12H16BrNO2. The summed E-state index contributed by atoms with van der Waals surface area (Å²) in [5, 5.41) is 3.00. The summed E-state index contributed by atoms with van der Waals surface area (Å²) in [5.41, 5.74) is 0.913. The van der Waals surface area contributed by atoms with E-state index in [4.69, 9.17) is 4.74 Å². The molecule has 3 nitrogen and oxygen atoms in total. The minimum Gasteiger partial charge on any atom is -0.464 e. The average molecular weight is 286 g/mol. The Hall–Kier alpha value is -1.03. The summed E-state index contributed by atoms with van der Waals surface area (Å²) in [6.07, 6.45) is 1.96. The molecule has 1 rings (SSSR count). The van der Waals surface area contributed by atoms with E-state index in [1.54, 1.807) is 0 Å². The Morgan fingerprint density at radius 3 is 2.69 bits per heavy atom. The van der Waals surface area contributed by atoms with Crippen molar-refractivity contribution >= 4 is 27.6 Å². The number of benzene rings is 1. The number of unbranched alkanes of at least 4 members (excludes halogenated alkanes) is 1. The molecule has 0 bridgehead atoms. The van der Waals surface area contributed by atoms with Crippen molar-refractivity contribution in [3.8, 4) is 0 Å². The molecule has 0 aromatic heterocycles. The van der Waals surface area contributed by atoms with Crippen molar-refractivity contribution in [1.82, 2.24) is 0 Å². The van der Waals surface area contributed by atoms with Crippen LogP contribution < -0.4 is 5.32 Å². The van der Waals surface area contributed by atoms with E-state index in [2.05, 4.69) is 28.2 Å². The SMILES string of the molecule is CCCCOC(=O)CNc1ccc(Br)cc1. The van der Waals surface area contributed by atoms with Crippen LogP contribution in [0.4, 0.5) is 5.69 Å². The molecule has 0 atom stereocenters. The van der Waals surface area contributed by atoms with Crippen LogP contribution in [0.3, 0.4) is 0 Å². The molecule has 0 radical (unpaired) electrons. The third-order valence-electron chi connectivity index (χ3n) is 2.04. The highest BCUT2D eigenvalue weighted by atomic mass is 79.9. The Morgan fingerprint density at radius 1 is 1.38 bits per heavy atom. The topological polar surface area (TPSA) is 38.3 Å². The molecule has 88 valence electrons. The van der Waals surface area contributed by atoms with Crippen LogP contribution in [0, 0.1) is 0 Å². The lowest BCUT2D eigenvalue weighted by Crippen LogP contribution is -2.17. The Kier molecular flexibility index (Phi) is 5.93. The van der Waals surface area contributed by atoms with Gasteiger partial charge in [0.05, 0.1) is 6.61 Å². The van der Waals surface area contributed by atoms with Crippen LogP contribution >= 0.6 is 15.9 Å². The van der Waals surface area contributed by atoms with Gasteiger partial charge in [-0.2, -0.15) is 0 Å². The monoisotopic (exact) mass is 285 g/mol. The predicted octanol–water partition coefficient (Wildman–Crippen LogP) is 3.20. The van der Waals surface area contributed by atoms with Gasteiger partial charge in [0.15, 0.2) is 0 Å². The first-order valence-corrected chi connectivity index (χ1v) is 6.16. The second-order valence-corrected chi connectivity index (χ2v) is 4.35. The van der Waals surface area contributed by atoms with Gasteiger partial charge >= 0.3 is 5.97 Å². The van der Waals surface area contributed by atoms with E-state index in [0.717, 1.165) is 23.0 Å². The van der Waals surface area contributed by atoms with Gasteiger partial charge in [-0.05, 0) is 30.7 Å². The largest absolute Gasteiger partial charge is 0.464 e. The van der Waals surface area contributed by atoms with Crippen molar-refractivity contribution < 1.29 is 9.53 Å². The average Bonchev–Trinajstić information content (AvgIpc) is 2.29. The van der Waals surface area contributed by atoms with Crippen molar-refractivity contribution in [3.63, 3.8) is 0 Å². The van der Waals surface area contributed by atoms with E-state index >= 15 is 0 Å². The van der Waals surface area contributed by atoms with Crippen LogP contribution in [-0.4, -0.2) is 19.1 Å². The van der Waals surface area contributed by atoms with E-state index in [1.807, 2.05) is 24.3 Å². The highest BCUT2D eigenvalue weighted by Gasteiger charge is 2.01. The number of ether oxygens (including phenoxy) is 1. The maximum Gasteiger partial charge on any atom is 0.325 e. The molecule has 1 aromatic rings. The normalized spacial score (nSPS) is 9.88. The molecule has 0 unspecified atom stereocenters. The number of rotatable bonds is 6. The van der Waals surface area contributed by atoms with Crippen LogP contribution in [0.2, 0.25) is 0 Å². The van der Waals surface area contributed by atoms with Gasteiger partial charge in [0.2, 0.25) is 0 Å². The molecule has 16 heavy (non-hydrogen) atoms. The number of hydrogen-bond acceptors (Lipinski definition) is 3. The van der Waals surface area contributed by atoms with Gasteiger partial charge in [0.1, 0.15) is 6.54 Å². The van der Waals surface area contributed by atoms with Gasteiger partial charge in [-0.1, -0.05) is 29.3 Å². The minimum absolute atomic E-state index is 0.212. The molecule has 0 saturated heterocycles. The van der Waals surface area contributed by atoms with Crippen LogP contribution in [-0.2, 0) is 9.53 Å². The van der Waals surface area contributed by atoms with E-state index in [-0.39, 0.29) is 12.5 Å². The summed E-state index contributed by atoms with van der Waals surface area (Å²) >= 11 is 3.35. The second kappa shape index (κ2) is 7.28. The van der Waals surface area contributed by atoms with E-state index in [9.17, 15) is 4.79 Å². The van der Waals surface area contributed by atoms with Crippen molar-refractivity contribution in [1.29, 1.82) is 0 Å². The zero-order chi connectivity index (χ0) is 11.8. The number of nitrogens with one attached hydrogen (secondary N) is 1. The van der Waals surface area contributed by atoms with E-state index < -0.39 is 0 Å². The standard InChI is InChI=1S/C12H16BrNO2/c1-2-3-8-16-12(15)9-14-11-6-4-10(13)5-7-11/h4-7,14H,2-3,8-9H2,1H3. The maximum atomic E-state index is 11.3. The fourth-order valence-electron chi connectivity index (χ4n) is 1.12. The molecule has 0 amide bonds. The summed E-state index contributed by atoms with van der Waals surface area (Å²) in [6, 6.07) is 7.66. The fraction of sp³-hybridized carbons (Fsp3) is 0.417. The third kappa shape index (κ3) is 5.16. The number of esters is 1. The molecule has 0 saturated carbocycles. The van der Waals surface area contributed by atoms with Crippen LogP contribution in [0.15, 0.2) is 28.7 Å². The molecule has 1 aromatic carbocycles. The quantitative estimate of drug-likeness (QED) is 0.644. The smallest absolute Gasteiger partial charge is 0.325 e. The lowest BCUT2D eigenvalue weighted by Gasteiger charge is -2.06. The zero-order valence-electron chi connectivity index (χ0n) is 9.33. The van der Waals surface area contributed by atoms with Gasteiger partial charge in [-0.15, -0.1) is 0 Å². The highest BCUT2D eigenvalue weighted by molar-refractivity contribution is 9.10. The summed E-state index contributed by atoms with van der Waals surface area (Å²) in [5.74, 6) is -0.212. The first-order chi connectivity index (χ1) is 7.72. The molecule has 0 aliphatic rings. The lowest BCUT2D eigenvalue weighted by molar-refractivity contribution is -0.141. The Morgan fingerprint density at radius 2 is 2.06 bits per heavy atom. The first-order valence-electron chi connectivity index (χ1n) is 5.37. The van der Waals surface area contributed by atoms with Gasteiger partial charge in [0.25, 0.3) is 0 Å². The summed E-state index contributed by atoms with van der Waals surface area (Å²) < 4.78 is 6.03. The number of hydrogen-bond donors (Lipinski definition) is 1. The Balaban J connectivity index is 2.23. The van der Waals surface area contributed by atoms with Gasteiger partial charge < -0.3 is 10.1 Å². The fourth-order valence-corrected chi connectivity index (χ4v) is 1.39. The predicted molar refractivity (Wildman–Crippen MR) is 68.5 cm³/mol. The van der Waals surface area contributed by atoms with Crippen molar-refractivity contribution in [2.45, 2.75) is 19.8 Å². The number of halogens is 1. The first kappa shape index (κ1) is 13.0. The molecule has 0 fully saturated rings. The van der Waals surface area contributed by atoms with Gasteiger partial charge in [-0.3, -0.25) is 4.79 Å². The van der Waals surface area contributed by atoms with Crippen LogP contribution in [0.5, 0.6) is 0 Å². The van der Waals surface area contributed by atoms with E-state index in [1.165, 1.54) is 0 Å². The number of carbonyl (C=O) groups is 1. The molecule has 0 heterocycles. The number of anilines is 1. The van der Waals surface area contributed by atoms with E-state index in [0.29, 0.717) is 6.61 Å². The summed E-state index contributed by atoms with van der Waals surface area (Å²) in [4.78, 5) is 11.3. The molecule has 0 aliphatic heterocycles. The molecular weight excluding hydrogens is 270 g/mol. The Labute approximate surface area is 104 Å². The van der Waals surface area contributed by atoms with Crippen molar-refractivity contribution in [3.05, 3.63) is 28.7 Å². The molecule has 4 heteroatoms. The van der Waals surface area contributed by atoms with Crippen LogP contribution in [0.25, 0.3) is 0 Å². The van der Waals surface area contributed by atoms with Gasteiger partial charge in [0, 0.05) is 10.2 Å². The highest BCUT2D eigenvalue weighted by Crippen LogP contribution is 2.13. The summed E-state index contributed by atoms with van der Waals surface area (Å²) in [7, 11) is 0. The summed E-state index contributed by atoms with van der Waals surface area (Å²) in [6.45, 7) is 2.79. The lowest BCUT2D eigenvalue weighted by atomic mass is 10.3. The number of carbonyl (C=O) groups excluding carboxylic acids is 1. The molecule has 0 spiro atoms. The van der Waals surface area contributed by atoms with Crippen molar-refractivity contribution in [2.24, 2.45) is 0 Å². The third-order valence-corrected chi connectivity index (χ3v) is 2.57. The Bertz CT molecular complexity index is 324. The minimum atomic E-state index is -0.212.